The number of hydrogen-bond donors (Lipinski definition) is 1. The molecular formula is C18H22O2. The normalized spacial score (nSPS) is 10.4. The average Bonchev–Trinajstić information content (AvgIpc) is 2.48. The van der Waals surface area contributed by atoms with E-state index in [0.29, 0.717) is 5.75 Å². The quantitative estimate of drug-likeness (QED) is 0.691. The summed E-state index contributed by atoms with van der Waals surface area (Å²) in [5, 5.41) is 10.0. The Hall–Kier alpha value is -1.96. The fraction of sp³-hybridized carbons (Fsp3) is 0.333. The minimum absolute atomic E-state index is 0.210. The molecule has 0 saturated heterocycles. The third kappa shape index (κ3) is 4.02. The van der Waals surface area contributed by atoms with Crippen molar-refractivity contribution in [2.45, 2.75) is 39.0 Å². The maximum Gasteiger partial charge on any atom is 0.172 e. The van der Waals surface area contributed by atoms with Crippen molar-refractivity contribution in [3.63, 3.8) is 0 Å². The maximum absolute atomic E-state index is 10.0. The van der Waals surface area contributed by atoms with E-state index in [1.54, 1.807) is 6.07 Å². The molecule has 0 amide bonds. The SMILES string of the molecule is CCCCCCc1cccc(O)c1Oc1ccccc1. The van der Waals surface area contributed by atoms with Gasteiger partial charge in [0.25, 0.3) is 0 Å². The highest BCUT2D eigenvalue weighted by molar-refractivity contribution is 5.48. The molecule has 106 valence electrons. The van der Waals surface area contributed by atoms with Gasteiger partial charge in [-0.2, -0.15) is 0 Å². The Balaban J connectivity index is 2.10. The standard InChI is InChI=1S/C18H22O2/c1-2-3-4-6-10-15-11-9-14-17(19)18(15)20-16-12-7-5-8-13-16/h5,7-9,11-14,19H,2-4,6,10H2,1H3. The van der Waals surface area contributed by atoms with Gasteiger partial charge in [0.2, 0.25) is 0 Å². The summed E-state index contributed by atoms with van der Waals surface area (Å²) in [5.74, 6) is 1.56. The molecule has 2 aromatic rings. The number of benzene rings is 2. The van der Waals surface area contributed by atoms with Gasteiger partial charge in [0, 0.05) is 0 Å². The van der Waals surface area contributed by atoms with E-state index < -0.39 is 0 Å². The zero-order valence-corrected chi connectivity index (χ0v) is 12.0. The zero-order valence-electron chi connectivity index (χ0n) is 12.0. The summed E-state index contributed by atoms with van der Waals surface area (Å²) in [6, 6.07) is 15.2. The van der Waals surface area contributed by atoms with Crippen molar-refractivity contribution in [1.29, 1.82) is 0 Å². The van der Waals surface area contributed by atoms with Crippen molar-refractivity contribution in [1.82, 2.24) is 0 Å². The highest BCUT2D eigenvalue weighted by Gasteiger charge is 2.10. The largest absolute Gasteiger partial charge is 0.504 e. The summed E-state index contributed by atoms with van der Waals surface area (Å²) in [7, 11) is 0. The van der Waals surface area contributed by atoms with Crippen LogP contribution in [0, 0.1) is 0 Å². The lowest BCUT2D eigenvalue weighted by Gasteiger charge is -2.12. The molecule has 0 aliphatic heterocycles. The molecule has 0 atom stereocenters. The lowest BCUT2D eigenvalue weighted by molar-refractivity contribution is 0.406. The molecule has 0 aromatic heterocycles. The van der Waals surface area contributed by atoms with Gasteiger partial charge in [0.15, 0.2) is 11.5 Å². The van der Waals surface area contributed by atoms with Gasteiger partial charge in [-0.1, -0.05) is 56.5 Å². The van der Waals surface area contributed by atoms with Crippen LogP contribution in [0.15, 0.2) is 48.5 Å². The summed E-state index contributed by atoms with van der Waals surface area (Å²) in [6.07, 6.45) is 5.77. The van der Waals surface area contributed by atoms with Crippen LogP contribution in [-0.4, -0.2) is 5.11 Å². The van der Waals surface area contributed by atoms with Gasteiger partial charge < -0.3 is 9.84 Å². The molecule has 0 radical (unpaired) electrons. The van der Waals surface area contributed by atoms with Crippen LogP contribution in [0.5, 0.6) is 17.2 Å². The molecule has 2 nitrogen and oxygen atoms in total. The molecule has 0 aliphatic rings. The molecule has 2 rings (SSSR count). The number of ether oxygens (including phenoxy) is 1. The van der Waals surface area contributed by atoms with Crippen LogP contribution >= 0.6 is 0 Å². The fourth-order valence-corrected chi connectivity index (χ4v) is 2.23. The molecule has 2 aromatic carbocycles. The highest BCUT2D eigenvalue weighted by Crippen LogP contribution is 2.35. The van der Waals surface area contributed by atoms with Crippen molar-refractivity contribution >= 4 is 0 Å². The summed E-state index contributed by atoms with van der Waals surface area (Å²) in [5.41, 5.74) is 1.07. The second-order valence-corrected chi connectivity index (χ2v) is 4.99. The van der Waals surface area contributed by atoms with E-state index in [4.69, 9.17) is 4.74 Å². The van der Waals surface area contributed by atoms with Gasteiger partial charge in [0.05, 0.1) is 0 Å². The molecule has 0 fully saturated rings. The van der Waals surface area contributed by atoms with Crippen molar-refractivity contribution < 1.29 is 9.84 Å². The number of hydrogen-bond acceptors (Lipinski definition) is 2. The molecule has 20 heavy (non-hydrogen) atoms. The van der Waals surface area contributed by atoms with Crippen LogP contribution in [0.4, 0.5) is 0 Å². The van der Waals surface area contributed by atoms with E-state index in [9.17, 15) is 5.11 Å². The van der Waals surface area contributed by atoms with Crippen molar-refractivity contribution in [3.8, 4) is 17.2 Å². The molecule has 2 heteroatoms. The Bertz CT molecular complexity index is 520. The summed E-state index contributed by atoms with van der Waals surface area (Å²) in [6.45, 7) is 2.21. The van der Waals surface area contributed by atoms with E-state index in [1.807, 2.05) is 42.5 Å². The number of aryl methyl sites for hydroxylation is 1. The van der Waals surface area contributed by atoms with Crippen LogP contribution in [-0.2, 0) is 6.42 Å². The predicted octanol–water partition coefficient (Wildman–Crippen LogP) is 5.31. The highest BCUT2D eigenvalue weighted by atomic mass is 16.5. The van der Waals surface area contributed by atoms with Crippen LogP contribution in [0.25, 0.3) is 0 Å². The number of rotatable bonds is 7. The molecule has 0 aliphatic carbocycles. The number of unbranched alkanes of at least 4 members (excludes halogenated alkanes) is 3. The molecule has 0 spiro atoms. The van der Waals surface area contributed by atoms with E-state index in [-0.39, 0.29) is 5.75 Å². The Morgan fingerprint density at radius 1 is 0.900 bits per heavy atom. The molecule has 0 heterocycles. The van der Waals surface area contributed by atoms with E-state index in [2.05, 4.69) is 6.92 Å². The van der Waals surface area contributed by atoms with Gasteiger partial charge in [-0.15, -0.1) is 0 Å². The second kappa shape index (κ2) is 7.59. The van der Waals surface area contributed by atoms with Gasteiger partial charge in [0.1, 0.15) is 5.75 Å². The monoisotopic (exact) mass is 270 g/mol. The minimum Gasteiger partial charge on any atom is -0.504 e. The predicted molar refractivity (Wildman–Crippen MR) is 82.5 cm³/mol. The summed E-state index contributed by atoms with van der Waals surface area (Å²) in [4.78, 5) is 0. The minimum atomic E-state index is 0.210. The number of para-hydroxylation sites is 2. The second-order valence-electron chi connectivity index (χ2n) is 4.99. The first-order chi connectivity index (χ1) is 9.81. The van der Waals surface area contributed by atoms with E-state index >= 15 is 0 Å². The van der Waals surface area contributed by atoms with Crippen molar-refractivity contribution in [3.05, 3.63) is 54.1 Å². The third-order valence-electron chi connectivity index (χ3n) is 3.34. The van der Waals surface area contributed by atoms with Crippen LogP contribution in [0.1, 0.15) is 38.2 Å². The lowest BCUT2D eigenvalue weighted by Crippen LogP contribution is -1.93. The third-order valence-corrected chi connectivity index (χ3v) is 3.34. The van der Waals surface area contributed by atoms with Crippen molar-refractivity contribution in [2.24, 2.45) is 0 Å². The van der Waals surface area contributed by atoms with Crippen molar-refractivity contribution in [2.75, 3.05) is 0 Å². The Morgan fingerprint density at radius 2 is 1.70 bits per heavy atom. The van der Waals surface area contributed by atoms with E-state index in [0.717, 1.165) is 24.2 Å². The Morgan fingerprint density at radius 3 is 2.45 bits per heavy atom. The first-order valence-corrected chi connectivity index (χ1v) is 7.35. The maximum atomic E-state index is 10.0. The molecule has 0 saturated carbocycles. The van der Waals surface area contributed by atoms with Crippen LogP contribution in [0.2, 0.25) is 0 Å². The molecule has 1 N–H and O–H groups in total. The Labute approximate surface area is 121 Å². The van der Waals surface area contributed by atoms with Gasteiger partial charge in [-0.05, 0) is 36.6 Å². The first-order valence-electron chi connectivity index (χ1n) is 7.35. The summed E-state index contributed by atoms with van der Waals surface area (Å²) >= 11 is 0. The first kappa shape index (κ1) is 14.4. The zero-order chi connectivity index (χ0) is 14.2. The van der Waals surface area contributed by atoms with Crippen LogP contribution < -0.4 is 4.74 Å². The fourth-order valence-electron chi connectivity index (χ4n) is 2.23. The van der Waals surface area contributed by atoms with Gasteiger partial charge in [-0.3, -0.25) is 0 Å². The van der Waals surface area contributed by atoms with Gasteiger partial charge in [-0.25, -0.2) is 0 Å². The van der Waals surface area contributed by atoms with Crippen LogP contribution in [0.3, 0.4) is 0 Å². The topological polar surface area (TPSA) is 29.5 Å². The summed E-state index contributed by atoms with van der Waals surface area (Å²) < 4.78 is 5.85. The van der Waals surface area contributed by atoms with E-state index in [1.165, 1.54) is 19.3 Å². The molecular weight excluding hydrogens is 248 g/mol. The Kier molecular flexibility index (Phi) is 5.48. The smallest absolute Gasteiger partial charge is 0.172 e. The lowest BCUT2D eigenvalue weighted by atomic mass is 10.0. The number of phenolic OH excluding ortho intramolecular Hbond substituents is 1. The molecule has 0 unspecified atom stereocenters. The van der Waals surface area contributed by atoms with Gasteiger partial charge >= 0.3 is 0 Å². The number of phenols is 1. The number of aromatic hydroxyl groups is 1. The molecule has 0 bridgehead atoms. The average molecular weight is 270 g/mol.